The van der Waals surface area contributed by atoms with E-state index in [4.69, 9.17) is 11.6 Å². The summed E-state index contributed by atoms with van der Waals surface area (Å²) in [5.74, 6) is 0.560. The molecule has 1 aromatic carbocycles. The number of nitro groups is 1. The van der Waals surface area contributed by atoms with Crippen molar-refractivity contribution in [3.05, 3.63) is 63.3 Å². The first-order chi connectivity index (χ1) is 12.6. The predicted octanol–water partition coefficient (Wildman–Crippen LogP) is 3.07. The zero-order valence-electron chi connectivity index (χ0n) is 13.5. The Morgan fingerprint density at radius 2 is 2.08 bits per heavy atom. The molecule has 26 heavy (non-hydrogen) atoms. The van der Waals surface area contributed by atoms with Gasteiger partial charge in [0.25, 0.3) is 0 Å². The highest BCUT2D eigenvalue weighted by Crippen LogP contribution is 2.30. The molecule has 0 bridgehead atoms. The van der Waals surface area contributed by atoms with Gasteiger partial charge in [0.15, 0.2) is 0 Å². The number of rotatable bonds is 4. The van der Waals surface area contributed by atoms with E-state index in [1.54, 1.807) is 30.6 Å². The highest BCUT2D eigenvalue weighted by atomic mass is 35.5. The number of halogens is 1. The Labute approximate surface area is 153 Å². The number of hydrogen-bond donors (Lipinski definition) is 2. The van der Waals surface area contributed by atoms with Gasteiger partial charge in [0.1, 0.15) is 6.20 Å². The van der Waals surface area contributed by atoms with E-state index in [0.717, 1.165) is 17.1 Å². The van der Waals surface area contributed by atoms with Crippen molar-refractivity contribution in [2.75, 3.05) is 16.8 Å². The molecule has 1 aliphatic rings. The van der Waals surface area contributed by atoms with Crippen molar-refractivity contribution in [1.82, 2.24) is 19.9 Å². The molecule has 2 N–H and O–H groups in total. The van der Waals surface area contributed by atoms with E-state index in [1.165, 1.54) is 6.20 Å². The number of aromatic nitrogens is 4. The second kappa shape index (κ2) is 6.60. The lowest BCUT2D eigenvalue weighted by Gasteiger charge is -2.26. The smallest absolute Gasteiger partial charge is 0.329 e. The number of hydrogen-bond acceptors (Lipinski definition) is 7. The fourth-order valence-corrected chi connectivity index (χ4v) is 2.97. The fraction of sp³-hybridized carbons (Fsp3) is 0.188. The van der Waals surface area contributed by atoms with Crippen LogP contribution in [-0.2, 0) is 13.0 Å². The van der Waals surface area contributed by atoms with Gasteiger partial charge in [-0.25, -0.2) is 9.97 Å². The molecule has 2 aromatic heterocycles. The normalized spacial score (nSPS) is 13.3. The summed E-state index contributed by atoms with van der Waals surface area (Å²) in [5, 5.41) is 15.1. The molecule has 0 saturated heterocycles. The summed E-state index contributed by atoms with van der Waals surface area (Å²) in [5.41, 5.74) is 2.53. The Hall–Kier alpha value is -3.20. The number of anilines is 3. The van der Waals surface area contributed by atoms with Crippen LogP contribution in [0.2, 0.25) is 5.02 Å². The van der Waals surface area contributed by atoms with Crippen molar-refractivity contribution in [2.45, 2.75) is 13.0 Å². The van der Waals surface area contributed by atoms with Crippen LogP contribution in [0.5, 0.6) is 0 Å². The summed E-state index contributed by atoms with van der Waals surface area (Å²) >= 11 is 5.88. The van der Waals surface area contributed by atoms with Crippen molar-refractivity contribution < 1.29 is 4.92 Å². The van der Waals surface area contributed by atoms with Gasteiger partial charge in [0.2, 0.25) is 11.8 Å². The fourth-order valence-electron chi connectivity index (χ4n) is 2.84. The van der Waals surface area contributed by atoms with Crippen molar-refractivity contribution in [2.24, 2.45) is 0 Å². The Morgan fingerprint density at radius 3 is 2.85 bits per heavy atom. The third-order valence-electron chi connectivity index (χ3n) is 4.12. The van der Waals surface area contributed by atoms with Gasteiger partial charge in [0.05, 0.1) is 29.2 Å². The molecule has 0 fully saturated rings. The minimum Gasteiger partial charge on any atom is -0.347 e. The van der Waals surface area contributed by atoms with E-state index in [9.17, 15) is 10.1 Å². The van der Waals surface area contributed by atoms with Crippen molar-refractivity contribution >= 4 is 34.7 Å². The first-order valence-electron chi connectivity index (χ1n) is 7.90. The number of nitrogens with one attached hydrogen (secondary N) is 2. The first-order valence-corrected chi connectivity index (χ1v) is 8.28. The largest absolute Gasteiger partial charge is 0.347 e. The van der Waals surface area contributed by atoms with Gasteiger partial charge in [-0.05, 0) is 24.3 Å². The van der Waals surface area contributed by atoms with E-state index < -0.39 is 4.92 Å². The standard InChI is InChI=1S/C16H14ClN7O2/c17-10-1-3-11(4-2-10)21-16-18-7-14(24(25)26)15(22-16)23-6-5-12-13(8-23)20-9-19-12/h1-4,7,9H,5-6,8H2,(H,19,20)(H,18,21,22). The maximum absolute atomic E-state index is 11.4. The zero-order chi connectivity index (χ0) is 18.1. The van der Waals surface area contributed by atoms with Gasteiger partial charge in [0, 0.05) is 23.7 Å². The van der Waals surface area contributed by atoms with Crippen molar-refractivity contribution in [1.29, 1.82) is 0 Å². The molecule has 0 radical (unpaired) electrons. The molecule has 3 heterocycles. The molecule has 0 unspecified atom stereocenters. The SMILES string of the molecule is O=[N+]([O-])c1cnc(Nc2ccc(Cl)cc2)nc1N1CCc2nc[nH]c2C1. The van der Waals surface area contributed by atoms with Crippen molar-refractivity contribution in [3.63, 3.8) is 0 Å². The van der Waals surface area contributed by atoms with Gasteiger partial charge >= 0.3 is 5.69 Å². The second-order valence-corrected chi connectivity index (χ2v) is 6.23. The number of benzene rings is 1. The number of nitrogens with zero attached hydrogens (tertiary/aromatic N) is 5. The molecular weight excluding hydrogens is 358 g/mol. The summed E-state index contributed by atoms with van der Waals surface area (Å²) in [7, 11) is 0. The van der Waals surface area contributed by atoms with E-state index in [0.29, 0.717) is 24.5 Å². The minimum absolute atomic E-state index is 0.130. The molecule has 4 rings (SSSR count). The molecule has 0 spiro atoms. The zero-order valence-corrected chi connectivity index (χ0v) is 14.3. The monoisotopic (exact) mass is 371 g/mol. The Bertz CT molecular complexity index is 957. The average Bonchev–Trinajstić information content (AvgIpc) is 3.11. The van der Waals surface area contributed by atoms with Crippen molar-refractivity contribution in [3.8, 4) is 0 Å². The summed E-state index contributed by atoms with van der Waals surface area (Å²) in [6.45, 7) is 1.07. The number of aromatic amines is 1. The Morgan fingerprint density at radius 1 is 1.27 bits per heavy atom. The molecule has 9 nitrogen and oxygen atoms in total. The van der Waals surface area contributed by atoms with Crippen LogP contribution >= 0.6 is 11.6 Å². The lowest BCUT2D eigenvalue weighted by Crippen LogP contribution is -2.32. The Kier molecular flexibility index (Phi) is 4.13. The van der Waals surface area contributed by atoms with Crippen LogP contribution < -0.4 is 10.2 Å². The van der Waals surface area contributed by atoms with E-state index in [2.05, 4.69) is 25.3 Å². The Balaban J connectivity index is 1.65. The molecule has 1 aliphatic heterocycles. The molecule has 132 valence electrons. The summed E-state index contributed by atoms with van der Waals surface area (Å²) in [4.78, 5) is 28.6. The summed E-state index contributed by atoms with van der Waals surface area (Å²) in [6, 6.07) is 7.04. The molecule has 0 atom stereocenters. The maximum atomic E-state index is 11.4. The third-order valence-corrected chi connectivity index (χ3v) is 4.37. The lowest BCUT2D eigenvalue weighted by molar-refractivity contribution is -0.384. The molecular formula is C16H14ClN7O2. The molecule has 0 saturated carbocycles. The van der Waals surface area contributed by atoms with Gasteiger partial charge < -0.3 is 15.2 Å². The minimum atomic E-state index is -0.468. The topological polar surface area (TPSA) is 113 Å². The lowest BCUT2D eigenvalue weighted by atomic mass is 10.1. The maximum Gasteiger partial charge on any atom is 0.329 e. The van der Waals surface area contributed by atoms with E-state index >= 15 is 0 Å². The summed E-state index contributed by atoms with van der Waals surface area (Å²) < 4.78 is 0. The van der Waals surface area contributed by atoms with Gasteiger partial charge in [-0.2, -0.15) is 4.98 Å². The molecule has 0 aliphatic carbocycles. The highest BCUT2D eigenvalue weighted by molar-refractivity contribution is 6.30. The second-order valence-electron chi connectivity index (χ2n) is 5.79. The molecule has 0 amide bonds. The number of imidazole rings is 1. The van der Waals surface area contributed by atoms with Gasteiger partial charge in [-0.1, -0.05) is 11.6 Å². The predicted molar refractivity (Wildman–Crippen MR) is 96.8 cm³/mol. The van der Waals surface area contributed by atoms with E-state index in [1.807, 2.05) is 4.90 Å². The number of H-pyrrole nitrogens is 1. The van der Waals surface area contributed by atoms with Crippen LogP contribution in [0.15, 0.2) is 36.8 Å². The quantitative estimate of drug-likeness (QED) is 0.535. The van der Waals surface area contributed by atoms with Crippen LogP contribution in [-0.4, -0.2) is 31.4 Å². The van der Waals surface area contributed by atoms with Gasteiger partial charge in [-0.15, -0.1) is 0 Å². The average molecular weight is 372 g/mol. The van der Waals surface area contributed by atoms with Crippen LogP contribution in [0.4, 0.5) is 23.1 Å². The first kappa shape index (κ1) is 16.3. The highest BCUT2D eigenvalue weighted by Gasteiger charge is 2.27. The van der Waals surface area contributed by atoms with E-state index in [-0.39, 0.29) is 17.5 Å². The summed E-state index contributed by atoms with van der Waals surface area (Å²) in [6.07, 6.45) is 3.55. The van der Waals surface area contributed by atoms with Crippen LogP contribution in [0.3, 0.4) is 0 Å². The molecule has 10 heteroatoms. The van der Waals surface area contributed by atoms with Gasteiger partial charge in [-0.3, -0.25) is 10.1 Å². The van der Waals surface area contributed by atoms with Crippen LogP contribution in [0.1, 0.15) is 11.4 Å². The molecule has 3 aromatic rings. The van der Waals surface area contributed by atoms with Crippen LogP contribution in [0, 0.1) is 10.1 Å². The van der Waals surface area contributed by atoms with Crippen LogP contribution in [0.25, 0.3) is 0 Å². The number of fused-ring (bicyclic) bond motifs is 1. The third kappa shape index (κ3) is 3.16.